The summed E-state index contributed by atoms with van der Waals surface area (Å²) < 4.78 is 0.900. The monoisotopic (exact) mass is 329 g/mol. The normalized spacial score (nSPS) is 9.65. The van der Waals surface area contributed by atoms with E-state index in [4.69, 9.17) is 5.26 Å². The minimum atomic E-state index is -0.323. The fourth-order valence-corrected chi connectivity index (χ4v) is 2.00. The fraction of sp³-hybridized carbons (Fsp3) is 0.0667. The van der Waals surface area contributed by atoms with E-state index in [0.29, 0.717) is 11.3 Å². The molecule has 2 rings (SSSR count). The van der Waals surface area contributed by atoms with E-state index in [-0.39, 0.29) is 6.03 Å². The molecule has 0 spiro atoms. The van der Waals surface area contributed by atoms with Crippen molar-refractivity contribution in [2.75, 3.05) is 10.6 Å². The van der Waals surface area contributed by atoms with Gasteiger partial charge in [0.2, 0.25) is 0 Å². The molecular formula is C15H12BrN3O. The first-order valence-corrected chi connectivity index (χ1v) is 6.72. The number of nitrogens with one attached hydrogen (secondary N) is 2. The van der Waals surface area contributed by atoms with Gasteiger partial charge in [0.25, 0.3) is 0 Å². The average Bonchev–Trinajstić information content (AvgIpc) is 2.43. The Labute approximate surface area is 125 Å². The fourth-order valence-electron chi connectivity index (χ4n) is 1.64. The summed E-state index contributed by atoms with van der Waals surface area (Å²) in [7, 11) is 0. The van der Waals surface area contributed by atoms with Crippen LogP contribution in [-0.4, -0.2) is 6.03 Å². The molecule has 0 saturated heterocycles. The zero-order valence-electron chi connectivity index (χ0n) is 10.8. The molecule has 2 N–H and O–H groups in total. The Morgan fingerprint density at radius 2 is 1.85 bits per heavy atom. The van der Waals surface area contributed by atoms with Gasteiger partial charge >= 0.3 is 6.03 Å². The van der Waals surface area contributed by atoms with Crippen LogP contribution in [0.15, 0.2) is 46.9 Å². The number of hydrogen-bond acceptors (Lipinski definition) is 2. The van der Waals surface area contributed by atoms with Crippen LogP contribution in [0, 0.1) is 18.3 Å². The zero-order chi connectivity index (χ0) is 14.5. The van der Waals surface area contributed by atoms with Crippen LogP contribution in [0.1, 0.15) is 11.1 Å². The molecule has 0 unspecified atom stereocenters. The van der Waals surface area contributed by atoms with Crippen LogP contribution in [-0.2, 0) is 0 Å². The van der Waals surface area contributed by atoms with Crippen molar-refractivity contribution in [3.05, 3.63) is 58.1 Å². The molecule has 0 aliphatic carbocycles. The highest BCUT2D eigenvalue weighted by Crippen LogP contribution is 2.21. The highest BCUT2D eigenvalue weighted by atomic mass is 79.9. The molecule has 0 aliphatic heterocycles. The van der Waals surface area contributed by atoms with Crippen molar-refractivity contribution in [1.29, 1.82) is 5.26 Å². The van der Waals surface area contributed by atoms with E-state index in [0.717, 1.165) is 15.7 Å². The van der Waals surface area contributed by atoms with Crippen LogP contribution in [0.2, 0.25) is 0 Å². The summed E-state index contributed by atoms with van der Waals surface area (Å²) in [4.78, 5) is 11.9. The van der Waals surface area contributed by atoms with Crippen molar-refractivity contribution in [2.45, 2.75) is 6.92 Å². The van der Waals surface area contributed by atoms with Gasteiger partial charge in [-0.25, -0.2) is 4.79 Å². The van der Waals surface area contributed by atoms with Crippen molar-refractivity contribution in [2.24, 2.45) is 0 Å². The van der Waals surface area contributed by atoms with Crippen LogP contribution in [0.5, 0.6) is 0 Å². The molecular weight excluding hydrogens is 318 g/mol. The number of nitrogens with zero attached hydrogens (tertiary/aromatic N) is 1. The second kappa shape index (κ2) is 6.22. The number of hydrogen-bond donors (Lipinski definition) is 2. The van der Waals surface area contributed by atoms with Crippen molar-refractivity contribution in [1.82, 2.24) is 0 Å². The maximum atomic E-state index is 11.9. The first kappa shape index (κ1) is 14.1. The zero-order valence-corrected chi connectivity index (χ0v) is 12.4. The van der Waals surface area contributed by atoms with E-state index in [1.807, 2.05) is 31.2 Å². The Balaban J connectivity index is 2.05. The van der Waals surface area contributed by atoms with Crippen LogP contribution < -0.4 is 10.6 Å². The predicted molar refractivity (Wildman–Crippen MR) is 82.7 cm³/mol. The average molecular weight is 330 g/mol. The summed E-state index contributed by atoms with van der Waals surface area (Å²) in [6, 6.07) is 14.1. The van der Waals surface area contributed by atoms with Crippen LogP contribution in [0.4, 0.5) is 16.2 Å². The molecule has 0 fully saturated rings. The highest BCUT2D eigenvalue weighted by molar-refractivity contribution is 9.10. The maximum Gasteiger partial charge on any atom is 0.323 e. The van der Waals surface area contributed by atoms with E-state index in [1.165, 1.54) is 0 Å². The topological polar surface area (TPSA) is 64.9 Å². The number of rotatable bonds is 2. The van der Waals surface area contributed by atoms with Crippen molar-refractivity contribution < 1.29 is 4.79 Å². The molecule has 20 heavy (non-hydrogen) atoms. The van der Waals surface area contributed by atoms with E-state index in [1.54, 1.807) is 24.3 Å². The number of carbonyl (C=O) groups is 1. The number of urea groups is 1. The SMILES string of the molecule is Cc1ccc(Br)cc1NC(=O)Nc1ccc(C#N)cc1. The minimum absolute atomic E-state index is 0.323. The Morgan fingerprint density at radius 1 is 1.15 bits per heavy atom. The minimum Gasteiger partial charge on any atom is -0.308 e. The molecule has 5 heteroatoms. The number of halogens is 1. The van der Waals surface area contributed by atoms with Gasteiger partial charge in [-0.2, -0.15) is 5.26 Å². The number of benzene rings is 2. The van der Waals surface area contributed by atoms with Crippen LogP contribution in [0.3, 0.4) is 0 Å². The summed E-state index contributed by atoms with van der Waals surface area (Å²) in [5.41, 5.74) is 2.90. The van der Waals surface area contributed by atoms with Gasteiger partial charge in [-0.15, -0.1) is 0 Å². The largest absolute Gasteiger partial charge is 0.323 e. The van der Waals surface area contributed by atoms with Gasteiger partial charge in [-0.3, -0.25) is 0 Å². The lowest BCUT2D eigenvalue weighted by Gasteiger charge is -2.10. The van der Waals surface area contributed by atoms with Crippen molar-refractivity contribution in [3.63, 3.8) is 0 Å². The molecule has 0 radical (unpaired) electrons. The van der Waals surface area contributed by atoms with Crippen molar-refractivity contribution >= 4 is 33.3 Å². The molecule has 0 heterocycles. The van der Waals surface area contributed by atoms with Gasteiger partial charge in [0.1, 0.15) is 0 Å². The quantitative estimate of drug-likeness (QED) is 0.863. The van der Waals surface area contributed by atoms with Gasteiger partial charge < -0.3 is 10.6 Å². The van der Waals surface area contributed by atoms with E-state index in [9.17, 15) is 4.79 Å². The van der Waals surface area contributed by atoms with E-state index in [2.05, 4.69) is 26.6 Å². The summed E-state index contributed by atoms with van der Waals surface area (Å²) in [5.74, 6) is 0. The lowest BCUT2D eigenvalue weighted by atomic mass is 10.2. The first-order valence-electron chi connectivity index (χ1n) is 5.93. The van der Waals surface area contributed by atoms with Gasteiger partial charge in [0, 0.05) is 15.8 Å². The molecule has 0 bridgehead atoms. The molecule has 0 aromatic heterocycles. The second-order valence-corrected chi connectivity index (χ2v) is 5.14. The third-order valence-corrected chi connectivity index (χ3v) is 3.21. The molecule has 0 saturated carbocycles. The Bertz CT molecular complexity index is 675. The summed E-state index contributed by atoms with van der Waals surface area (Å²) in [5, 5.41) is 14.2. The summed E-state index contributed by atoms with van der Waals surface area (Å²) in [6.45, 7) is 1.92. The Kier molecular flexibility index (Phi) is 4.38. The van der Waals surface area contributed by atoms with Crippen LogP contribution in [0.25, 0.3) is 0 Å². The molecule has 2 aromatic rings. The lowest BCUT2D eigenvalue weighted by Crippen LogP contribution is -2.19. The second-order valence-electron chi connectivity index (χ2n) is 4.23. The molecule has 0 atom stereocenters. The van der Waals surface area contributed by atoms with Gasteiger partial charge in [-0.05, 0) is 48.9 Å². The molecule has 0 aliphatic rings. The standard InChI is InChI=1S/C15H12BrN3O/c1-10-2-5-12(16)8-14(10)19-15(20)18-13-6-3-11(9-17)4-7-13/h2-8H,1H3,(H2,18,19,20). The van der Waals surface area contributed by atoms with Crippen LogP contribution >= 0.6 is 15.9 Å². The summed E-state index contributed by atoms with van der Waals surface area (Å²) >= 11 is 3.37. The Morgan fingerprint density at radius 3 is 2.50 bits per heavy atom. The molecule has 2 amide bonds. The Hall–Kier alpha value is -2.32. The number of anilines is 2. The number of nitriles is 1. The van der Waals surface area contributed by atoms with Gasteiger partial charge in [-0.1, -0.05) is 22.0 Å². The van der Waals surface area contributed by atoms with E-state index >= 15 is 0 Å². The summed E-state index contributed by atoms with van der Waals surface area (Å²) in [6.07, 6.45) is 0. The highest BCUT2D eigenvalue weighted by Gasteiger charge is 2.05. The van der Waals surface area contributed by atoms with E-state index < -0.39 is 0 Å². The molecule has 4 nitrogen and oxygen atoms in total. The van der Waals surface area contributed by atoms with Gasteiger partial charge in [0.15, 0.2) is 0 Å². The van der Waals surface area contributed by atoms with Gasteiger partial charge in [0.05, 0.1) is 11.6 Å². The molecule has 100 valence electrons. The predicted octanol–water partition coefficient (Wildman–Crippen LogP) is 4.27. The smallest absolute Gasteiger partial charge is 0.308 e. The number of amides is 2. The third-order valence-electron chi connectivity index (χ3n) is 2.72. The number of carbonyl (C=O) groups excluding carboxylic acids is 1. The van der Waals surface area contributed by atoms with Crippen molar-refractivity contribution in [3.8, 4) is 6.07 Å². The lowest BCUT2D eigenvalue weighted by molar-refractivity contribution is 0.262. The first-order chi connectivity index (χ1) is 9.58. The maximum absolute atomic E-state index is 11.9. The number of aryl methyl sites for hydroxylation is 1. The third kappa shape index (κ3) is 3.59. The molecule has 2 aromatic carbocycles.